The van der Waals surface area contributed by atoms with Gasteiger partial charge in [0, 0.05) is 17.6 Å². The van der Waals surface area contributed by atoms with Gasteiger partial charge in [0.05, 0.1) is 4.90 Å². The van der Waals surface area contributed by atoms with Crippen molar-refractivity contribution in [1.29, 1.82) is 0 Å². The van der Waals surface area contributed by atoms with Crippen molar-refractivity contribution in [2.24, 2.45) is 0 Å². The molecule has 5 nitrogen and oxygen atoms in total. The lowest BCUT2D eigenvalue weighted by Crippen LogP contribution is -2.33. The van der Waals surface area contributed by atoms with Crippen molar-refractivity contribution in [2.75, 3.05) is 0 Å². The molecule has 21 heavy (non-hydrogen) atoms. The number of hydrogen-bond acceptors (Lipinski definition) is 3. The summed E-state index contributed by atoms with van der Waals surface area (Å²) in [5.41, 5.74) is 0.383. The van der Waals surface area contributed by atoms with Gasteiger partial charge in [-0.1, -0.05) is 18.9 Å². The summed E-state index contributed by atoms with van der Waals surface area (Å²) in [6.45, 7) is 3.52. The van der Waals surface area contributed by atoms with Crippen LogP contribution in [0, 0.1) is 0 Å². The van der Waals surface area contributed by atoms with Gasteiger partial charge in [-0.2, -0.15) is 0 Å². The van der Waals surface area contributed by atoms with Crippen LogP contribution in [0.15, 0.2) is 29.2 Å². The lowest BCUT2D eigenvalue weighted by Gasteiger charge is -2.13. The second-order valence-electron chi connectivity index (χ2n) is 5.76. The highest BCUT2D eigenvalue weighted by atomic mass is 32.2. The minimum atomic E-state index is -3.57. The molecule has 0 aliphatic heterocycles. The van der Waals surface area contributed by atoms with Crippen molar-refractivity contribution in [2.45, 2.75) is 56.5 Å². The van der Waals surface area contributed by atoms with Gasteiger partial charge >= 0.3 is 0 Å². The number of hydrogen-bond donors (Lipinski definition) is 2. The Labute approximate surface area is 126 Å². The predicted molar refractivity (Wildman–Crippen MR) is 81.6 cm³/mol. The van der Waals surface area contributed by atoms with Crippen LogP contribution >= 0.6 is 0 Å². The van der Waals surface area contributed by atoms with Crippen molar-refractivity contribution < 1.29 is 13.2 Å². The van der Waals surface area contributed by atoms with Crippen molar-refractivity contribution in [3.63, 3.8) is 0 Å². The first-order chi connectivity index (χ1) is 9.88. The van der Waals surface area contributed by atoms with Crippen molar-refractivity contribution >= 4 is 15.9 Å². The Bertz CT molecular complexity index is 605. The van der Waals surface area contributed by atoms with E-state index in [9.17, 15) is 13.2 Å². The fourth-order valence-corrected chi connectivity index (χ4v) is 3.82. The Kier molecular flexibility index (Phi) is 5.00. The summed E-state index contributed by atoms with van der Waals surface area (Å²) in [7, 11) is -3.57. The molecule has 2 N–H and O–H groups in total. The number of rotatable bonds is 5. The Hall–Kier alpha value is -1.40. The predicted octanol–water partition coefficient (Wildman–Crippen LogP) is 2.05. The average molecular weight is 310 g/mol. The number of nitrogens with one attached hydrogen (secondary N) is 2. The monoisotopic (exact) mass is 310 g/mol. The van der Waals surface area contributed by atoms with Crippen LogP contribution < -0.4 is 10.0 Å². The molecule has 1 aliphatic carbocycles. The molecule has 1 aliphatic rings. The van der Waals surface area contributed by atoms with E-state index in [-0.39, 0.29) is 22.9 Å². The van der Waals surface area contributed by atoms with E-state index in [0.29, 0.717) is 5.56 Å². The first-order valence-corrected chi connectivity index (χ1v) is 8.80. The average Bonchev–Trinajstić information content (AvgIpc) is 2.90. The molecule has 0 atom stereocenters. The lowest BCUT2D eigenvalue weighted by molar-refractivity contribution is 0.0937. The quantitative estimate of drug-likeness (QED) is 0.874. The van der Waals surface area contributed by atoms with E-state index in [1.807, 2.05) is 0 Å². The molecule has 0 spiro atoms. The fraction of sp³-hybridized carbons (Fsp3) is 0.533. The molecule has 0 saturated heterocycles. The molecule has 1 saturated carbocycles. The lowest BCUT2D eigenvalue weighted by atomic mass is 10.2. The van der Waals surface area contributed by atoms with Crippen LogP contribution in [-0.2, 0) is 10.0 Å². The summed E-state index contributed by atoms with van der Waals surface area (Å²) in [5, 5.41) is 2.96. The smallest absolute Gasteiger partial charge is 0.251 e. The summed E-state index contributed by atoms with van der Waals surface area (Å²) >= 11 is 0. The van der Waals surface area contributed by atoms with E-state index < -0.39 is 10.0 Å². The summed E-state index contributed by atoms with van der Waals surface area (Å²) in [4.78, 5) is 12.3. The molecule has 6 heteroatoms. The first-order valence-electron chi connectivity index (χ1n) is 7.32. The summed E-state index contributed by atoms with van der Waals surface area (Å²) in [6.07, 6.45) is 4.27. The third-order valence-electron chi connectivity index (χ3n) is 3.49. The van der Waals surface area contributed by atoms with Gasteiger partial charge in [0.1, 0.15) is 0 Å². The third kappa shape index (κ3) is 4.28. The Morgan fingerprint density at radius 2 is 1.90 bits per heavy atom. The highest BCUT2D eigenvalue weighted by molar-refractivity contribution is 7.89. The van der Waals surface area contributed by atoms with Gasteiger partial charge in [0.25, 0.3) is 5.91 Å². The summed E-state index contributed by atoms with van der Waals surface area (Å²) < 4.78 is 26.8. The van der Waals surface area contributed by atoms with E-state index >= 15 is 0 Å². The van der Waals surface area contributed by atoms with Gasteiger partial charge in [-0.15, -0.1) is 0 Å². The van der Waals surface area contributed by atoms with Gasteiger partial charge in [-0.05, 0) is 44.9 Å². The fourth-order valence-electron chi connectivity index (χ4n) is 2.52. The SMILES string of the molecule is CC(C)NS(=O)(=O)c1cccc(C(=O)NC2CCCC2)c1. The summed E-state index contributed by atoms with van der Waals surface area (Å²) in [5.74, 6) is -0.205. The van der Waals surface area contributed by atoms with E-state index in [4.69, 9.17) is 0 Å². The van der Waals surface area contributed by atoms with Crippen LogP contribution in [-0.4, -0.2) is 26.4 Å². The van der Waals surface area contributed by atoms with Gasteiger partial charge in [0.2, 0.25) is 10.0 Å². The van der Waals surface area contributed by atoms with E-state index in [0.717, 1.165) is 25.7 Å². The maximum atomic E-state index is 12.2. The molecule has 0 radical (unpaired) electrons. The molecule has 0 aromatic heterocycles. The van der Waals surface area contributed by atoms with Crippen molar-refractivity contribution in [3.05, 3.63) is 29.8 Å². The number of carbonyl (C=O) groups excluding carboxylic acids is 1. The van der Waals surface area contributed by atoms with Crippen molar-refractivity contribution in [3.8, 4) is 0 Å². The van der Waals surface area contributed by atoms with Crippen LogP contribution in [0.1, 0.15) is 49.9 Å². The minimum absolute atomic E-state index is 0.121. The van der Waals surface area contributed by atoms with Crippen LogP contribution in [0.5, 0.6) is 0 Å². The highest BCUT2D eigenvalue weighted by Crippen LogP contribution is 2.19. The maximum Gasteiger partial charge on any atom is 0.251 e. The number of amides is 1. The number of carbonyl (C=O) groups is 1. The second-order valence-corrected chi connectivity index (χ2v) is 7.47. The van der Waals surface area contributed by atoms with Crippen LogP contribution in [0.25, 0.3) is 0 Å². The number of benzene rings is 1. The molecule has 0 bridgehead atoms. The molecule has 0 heterocycles. The highest BCUT2D eigenvalue weighted by Gasteiger charge is 2.20. The minimum Gasteiger partial charge on any atom is -0.349 e. The largest absolute Gasteiger partial charge is 0.349 e. The van der Waals surface area contributed by atoms with Crippen molar-refractivity contribution in [1.82, 2.24) is 10.0 Å². The topological polar surface area (TPSA) is 75.3 Å². The van der Waals surface area contributed by atoms with Crippen LogP contribution in [0.4, 0.5) is 0 Å². The van der Waals surface area contributed by atoms with Gasteiger partial charge in [-0.3, -0.25) is 4.79 Å². The Balaban J connectivity index is 2.15. The molecular formula is C15H22N2O3S. The first kappa shape index (κ1) is 16.0. The zero-order chi connectivity index (χ0) is 15.5. The molecule has 116 valence electrons. The summed E-state index contributed by atoms with van der Waals surface area (Å²) in [6, 6.07) is 6.18. The standard InChI is InChI=1S/C15H22N2O3S/c1-11(2)17-21(19,20)14-9-5-6-12(10-14)15(18)16-13-7-3-4-8-13/h5-6,9-11,13,17H,3-4,7-8H2,1-2H3,(H,16,18). The van der Waals surface area contributed by atoms with E-state index in [1.54, 1.807) is 26.0 Å². The number of sulfonamides is 1. The maximum absolute atomic E-state index is 12.2. The molecular weight excluding hydrogens is 288 g/mol. The zero-order valence-electron chi connectivity index (χ0n) is 12.4. The zero-order valence-corrected chi connectivity index (χ0v) is 13.2. The van der Waals surface area contributed by atoms with E-state index in [1.165, 1.54) is 12.1 Å². The van der Waals surface area contributed by atoms with E-state index in [2.05, 4.69) is 10.0 Å². The molecule has 1 aromatic rings. The van der Waals surface area contributed by atoms with Gasteiger partial charge in [-0.25, -0.2) is 13.1 Å². The molecule has 1 fully saturated rings. The Morgan fingerprint density at radius 1 is 1.24 bits per heavy atom. The van der Waals surface area contributed by atoms with Gasteiger partial charge < -0.3 is 5.32 Å². The normalized spacial score (nSPS) is 16.3. The van der Waals surface area contributed by atoms with Gasteiger partial charge in [0.15, 0.2) is 0 Å². The van der Waals surface area contributed by atoms with Crippen LogP contribution in [0.3, 0.4) is 0 Å². The van der Waals surface area contributed by atoms with Crippen LogP contribution in [0.2, 0.25) is 0 Å². The third-order valence-corrected chi connectivity index (χ3v) is 5.14. The second kappa shape index (κ2) is 6.58. The molecule has 1 aromatic carbocycles. The molecule has 2 rings (SSSR count). The molecule has 0 unspecified atom stereocenters. The molecule has 1 amide bonds. The Morgan fingerprint density at radius 3 is 2.52 bits per heavy atom.